The highest BCUT2D eigenvalue weighted by Gasteiger charge is 2.58. The summed E-state index contributed by atoms with van der Waals surface area (Å²) in [6.45, 7) is 0. The molecule has 3 heteroatoms. The number of rotatable bonds is 3. The fraction of sp³-hybridized carbons (Fsp3) is 0.200. The van der Waals surface area contributed by atoms with Gasteiger partial charge in [0.05, 0.1) is 0 Å². The molecular formula is C15H12F2O. The summed E-state index contributed by atoms with van der Waals surface area (Å²) in [5.74, 6) is -2.94. The van der Waals surface area contributed by atoms with Crippen molar-refractivity contribution in [2.75, 3.05) is 0 Å². The minimum Gasteiger partial charge on any atom is -0.358 e. The third-order valence-corrected chi connectivity index (χ3v) is 3.14. The predicted molar refractivity (Wildman–Crippen MR) is 64.4 cm³/mol. The Hall–Kier alpha value is -1.74. The first-order chi connectivity index (χ1) is 8.69. The maximum atomic E-state index is 14.2. The molecule has 0 amide bonds. The minimum absolute atomic E-state index is 0.00781. The number of hydrogen-bond acceptors (Lipinski definition) is 1. The van der Waals surface area contributed by atoms with Gasteiger partial charge >= 0.3 is 5.92 Å². The first kappa shape index (κ1) is 11.4. The summed E-state index contributed by atoms with van der Waals surface area (Å²) in [5.41, 5.74) is 0.812. The highest BCUT2D eigenvalue weighted by molar-refractivity contribution is 5.29. The van der Waals surface area contributed by atoms with Gasteiger partial charge in [-0.25, -0.2) is 0 Å². The molecule has 0 aromatic heterocycles. The van der Waals surface area contributed by atoms with E-state index in [9.17, 15) is 8.78 Å². The molecule has 2 aromatic carbocycles. The molecule has 0 radical (unpaired) electrons. The van der Waals surface area contributed by atoms with Crippen LogP contribution in [0.5, 0.6) is 0 Å². The summed E-state index contributed by atoms with van der Waals surface area (Å²) >= 11 is 0. The number of benzene rings is 2. The van der Waals surface area contributed by atoms with E-state index < -0.39 is 18.1 Å². The van der Waals surface area contributed by atoms with Gasteiger partial charge in [-0.1, -0.05) is 60.7 Å². The minimum atomic E-state index is -2.94. The third kappa shape index (κ3) is 1.91. The summed E-state index contributed by atoms with van der Waals surface area (Å²) in [4.78, 5) is 0. The van der Waals surface area contributed by atoms with Gasteiger partial charge in [-0.3, -0.25) is 0 Å². The quantitative estimate of drug-likeness (QED) is 0.748. The molecular weight excluding hydrogens is 234 g/mol. The Kier molecular flexibility index (Phi) is 2.63. The lowest BCUT2D eigenvalue weighted by Crippen LogP contribution is -2.21. The molecule has 2 unspecified atom stereocenters. The van der Waals surface area contributed by atoms with Crippen molar-refractivity contribution in [1.82, 2.24) is 0 Å². The van der Waals surface area contributed by atoms with Crippen molar-refractivity contribution in [3.05, 3.63) is 71.8 Å². The first-order valence-corrected chi connectivity index (χ1v) is 5.83. The zero-order chi connectivity index (χ0) is 12.6. The van der Waals surface area contributed by atoms with Gasteiger partial charge in [0, 0.05) is 5.56 Å². The second-order valence-electron chi connectivity index (χ2n) is 4.38. The summed E-state index contributed by atoms with van der Waals surface area (Å²) < 4.78 is 33.5. The van der Waals surface area contributed by atoms with Crippen LogP contribution in [0.1, 0.15) is 17.2 Å². The van der Waals surface area contributed by atoms with E-state index in [0.29, 0.717) is 0 Å². The average molecular weight is 246 g/mol. The van der Waals surface area contributed by atoms with Crippen molar-refractivity contribution in [2.24, 2.45) is 0 Å². The molecule has 2 aromatic rings. The van der Waals surface area contributed by atoms with E-state index in [-0.39, 0.29) is 5.56 Å². The Morgan fingerprint density at radius 1 is 0.833 bits per heavy atom. The van der Waals surface area contributed by atoms with Crippen LogP contribution in [0.4, 0.5) is 8.78 Å². The molecule has 0 bridgehead atoms. The molecule has 1 saturated heterocycles. The number of ether oxygens (including phenoxy) is 1. The van der Waals surface area contributed by atoms with E-state index >= 15 is 0 Å². The van der Waals surface area contributed by atoms with Gasteiger partial charge in [0.2, 0.25) is 0 Å². The van der Waals surface area contributed by atoms with Crippen LogP contribution in [0.25, 0.3) is 0 Å². The maximum absolute atomic E-state index is 14.2. The van der Waals surface area contributed by atoms with Crippen molar-refractivity contribution in [1.29, 1.82) is 0 Å². The van der Waals surface area contributed by atoms with E-state index in [0.717, 1.165) is 5.56 Å². The lowest BCUT2D eigenvalue weighted by Gasteiger charge is -2.13. The van der Waals surface area contributed by atoms with Crippen molar-refractivity contribution in [3.63, 3.8) is 0 Å². The zero-order valence-corrected chi connectivity index (χ0v) is 9.59. The molecule has 1 aliphatic heterocycles. The number of alkyl halides is 2. The first-order valence-electron chi connectivity index (χ1n) is 5.83. The van der Waals surface area contributed by atoms with Crippen LogP contribution in [-0.4, -0.2) is 6.10 Å². The standard InChI is InChI=1S/C15H12F2O/c16-15(17,12-9-5-2-6-10-12)14-13(18-14)11-7-3-1-4-8-11/h1-10,13-14H. The summed E-state index contributed by atoms with van der Waals surface area (Å²) in [6.07, 6.45) is -1.55. The van der Waals surface area contributed by atoms with Gasteiger partial charge in [0.15, 0.2) is 6.10 Å². The zero-order valence-electron chi connectivity index (χ0n) is 9.59. The smallest absolute Gasteiger partial charge is 0.301 e. The highest BCUT2D eigenvalue weighted by Crippen LogP contribution is 2.51. The van der Waals surface area contributed by atoms with Crippen molar-refractivity contribution in [3.8, 4) is 0 Å². The molecule has 2 atom stereocenters. The predicted octanol–water partition coefficient (Wildman–Crippen LogP) is 3.92. The summed E-state index contributed by atoms with van der Waals surface area (Å²) in [7, 11) is 0. The van der Waals surface area contributed by atoms with Crippen LogP contribution in [0, 0.1) is 0 Å². The van der Waals surface area contributed by atoms with Crippen molar-refractivity contribution in [2.45, 2.75) is 18.1 Å². The second kappa shape index (κ2) is 4.18. The van der Waals surface area contributed by atoms with Crippen LogP contribution < -0.4 is 0 Å². The van der Waals surface area contributed by atoms with Gasteiger partial charge in [0.25, 0.3) is 0 Å². The van der Waals surface area contributed by atoms with Crippen LogP contribution in [0.15, 0.2) is 60.7 Å². The van der Waals surface area contributed by atoms with Gasteiger partial charge < -0.3 is 4.74 Å². The van der Waals surface area contributed by atoms with E-state index in [1.54, 1.807) is 18.2 Å². The van der Waals surface area contributed by atoms with Crippen LogP contribution in [0.3, 0.4) is 0 Å². The maximum Gasteiger partial charge on any atom is 0.301 e. The molecule has 1 heterocycles. The largest absolute Gasteiger partial charge is 0.358 e. The van der Waals surface area contributed by atoms with E-state index in [1.165, 1.54) is 12.1 Å². The molecule has 0 aliphatic carbocycles. The van der Waals surface area contributed by atoms with Crippen LogP contribution >= 0.6 is 0 Å². The lowest BCUT2D eigenvalue weighted by molar-refractivity contribution is -0.0323. The third-order valence-electron chi connectivity index (χ3n) is 3.14. The summed E-state index contributed by atoms with van der Waals surface area (Å²) in [6, 6.07) is 17.0. The second-order valence-corrected chi connectivity index (χ2v) is 4.38. The average Bonchev–Trinajstić information content (AvgIpc) is 3.22. The van der Waals surface area contributed by atoms with Crippen molar-refractivity contribution >= 4 is 0 Å². The summed E-state index contributed by atoms with van der Waals surface area (Å²) in [5, 5.41) is 0. The van der Waals surface area contributed by atoms with Gasteiger partial charge in [0.1, 0.15) is 6.10 Å². The lowest BCUT2D eigenvalue weighted by atomic mass is 10.0. The monoisotopic (exact) mass is 246 g/mol. The van der Waals surface area contributed by atoms with E-state index in [2.05, 4.69) is 0 Å². The molecule has 0 saturated carbocycles. The van der Waals surface area contributed by atoms with Gasteiger partial charge in [-0.05, 0) is 5.56 Å². The number of epoxide rings is 1. The Morgan fingerprint density at radius 3 is 2.00 bits per heavy atom. The van der Waals surface area contributed by atoms with E-state index in [1.807, 2.05) is 30.3 Å². The molecule has 1 nitrogen and oxygen atoms in total. The molecule has 0 spiro atoms. The van der Waals surface area contributed by atoms with Crippen molar-refractivity contribution < 1.29 is 13.5 Å². The highest BCUT2D eigenvalue weighted by atomic mass is 19.3. The van der Waals surface area contributed by atoms with Gasteiger partial charge in [-0.15, -0.1) is 0 Å². The van der Waals surface area contributed by atoms with Crippen LogP contribution in [0.2, 0.25) is 0 Å². The fourth-order valence-corrected chi connectivity index (χ4v) is 2.11. The van der Waals surface area contributed by atoms with Crippen LogP contribution in [-0.2, 0) is 10.7 Å². The SMILES string of the molecule is FC(F)(c1ccccc1)C1OC1c1ccccc1. The number of halogens is 2. The Labute approximate surface area is 104 Å². The molecule has 1 aliphatic rings. The van der Waals surface area contributed by atoms with E-state index in [4.69, 9.17) is 4.74 Å². The molecule has 0 N–H and O–H groups in total. The normalized spacial score (nSPS) is 22.8. The Morgan fingerprint density at radius 2 is 1.39 bits per heavy atom. The molecule has 1 fully saturated rings. The fourth-order valence-electron chi connectivity index (χ4n) is 2.11. The molecule has 92 valence electrons. The Bertz CT molecular complexity index is 525. The number of hydrogen-bond donors (Lipinski definition) is 0. The topological polar surface area (TPSA) is 12.5 Å². The molecule has 3 rings (SSSR count). The Balaban J connectivity index is 1.82. The van der Waals surface area contributed by atoms with Gasteiger partial charge in [-0.2, -0.15) is 8.78 Å². The molecule has 18 heavy (non-hydrogen) atoms.